The molecule has 0 spiro atoms. The van der Waals surface area contributed by atoms with Gasteiger partial charge in [-0.05, 0) is 24.0 Å². The van der Waals surface area contributed by atoms with Gasteiger partial charge in [-0.15, -0.1) is 11.3 Å². The minimum Gasteiger partial charge on any atom is -0.339 e. The first-order chi connectivity index (χ1) is 11.8. The Kier molecular flexibility index (Phi) is 4.14. The Morgan fingerprint density at radius 2 is 2.08 bits per heavy atom. The highest BCUT2D eigenvalue weighted by molar-refractivity contribution is 8.00. The highest BCUT2D eigenvalue weighted by atomic mass is 32.2. The van der Waals surface area contributed by atoms with E-state index in [0.717, 1.165) is 32.7 Å². The summed E-state index contributed by atoms with van der Waals surface area (Å²) in [6.07, 6.45) is 9.11. The summed E-state index contributed by atoms with van der Waals surface area (Å²) in [5.41, 5.74) is 2.94. The van der Waals surface area contributed by atoms with E-state index >= 15 is 0 Å². The van der Waals surface area contributed by atoms with Crippen molar-refractivity contribution >= 4 is 45.0 Å². The molecule has 0 aliphatic heterocycles. The van der Waals surface area contributed by atoms with Crippen LogP contribution < -0.4 is 5.32 Å². The molecular formula is C16H14N6S2. The van der Waals surface area contributed by atoms with Crippen LogP contribution in [0.5, 0.6) is 0 Å². The fourth-order valence-electron chi connectivity index (χ4n) is 2.33. The van der Waals surface area contributed by atoms with E-state index in [9.17, 15) is 0 Å². The number of imidazole rings is 1. The number of rotatable bonds is 5. The molecule has 0 unspecified atom stereocenters. The summed E-state index contributed by atoms with van der Waals surface area (Å²) in [6.45, 7) is 0.809. The van der Waals surface area contributed by atoms with Crippen molar-refractivity contribution in [3.63, 3.8) is 0 Å². The number of aromatic nitrogens is 5. The molecule has 1 aromatic carbocycles. The Balaban J connectivity index is 1.56. The van der Waals surface area contributed by atoms with Gasteiger partial charge in [0.25, 0.3) is 0 Å². The molecule has 3 heterocycles. The van der Waals surface area contributed by atoms with Crippen molar-refractivity contribution in [3.8, 4) is 0 Å². The third-order valence-electron chi connectivity index (χ3n) is 3.49. The number of benzene rings is 1. The van der Waals surface area contributed by atoms with Crippen LogP contribution in [-0.4, -0.2) is 30.8 Å². The predicted molar refractivity (Wildman–Crippen MR) is 98.0 cm³/mol. The normalized spacial score (nSPS) is 11.0. The summed E-state index contributed by atoms with van der Waals surface area (Å²) < 4.78 is 4.01. The van der Waals surface area contributed by atoms with Crippen LogP contribution >= 0.6 is 23.1 Å². The fourth-order valence-corrected chi connectivity index (χ4v) is 3.79. The predicted octanol–water partition coefficient (Wildman–Crippen LogP) is 3.80. The summed E-state index contributed by atoms with van der Waals surface area (Å²) in [4.78, 5) is 17.1. The van der Waals surface area contributed by atoms with Crippen LogP contribution in [0.4, 0.5) is 11.5 Å². The molecule has 0 bridgehead atoms. The highest BCUT2D eigenvalue weighted by Gasteiger charge is 2.10. The second-order valence-electron chi connectivity index (χ2n) is 5.12. The van der Waals surface area contributed by atoms with Crippen molar-refractivity contribution in [2.45, 2.75) is 10.9 Å². The van der Waals surface area contributed by atoms with E-state index in [4.69, 9.17) is 0 Å². The van der Waals surface area contributed by atoms with Gasteiger partial charge in [-0.2, -0.15) is 0 Å². The third kappa shape index (κ3) is 3.10. The smallest absolute Gasteiger partial charge is 0.176 e. The van der Waals surface area contributed by atoms with Crippen LogP contribution in [0.25, 0.3) is 10.3 Å². The number of hydrogen-bond donors (Lipinski definition) is 1. The van der Waals surface area contributed by atoms with Gasteiger partial charge in [-0.25, -0.2) is 19.9 Å². The van der Waals surface area contributed by atoms with E-state index in [1.807, 2.05) is 23.3 Å². The Labute approximate surface area is 147 Å². The first-order valence-electron chi connectivity index (χ1n) is 7.29. The summed E-state index contributed by atoms with van der Waals surface area (Å²) in [5, 5.41) is 3.36. The molecule has 0 fully saturated rings. The number of thioether (sulfide) groups is 1. The zero-order valence-corrected chi connectivity index (χ0v) is 14.5. The van der Waals surface area contributed by atoms with E-state index in [1.165, 1.54) is 5.56 Å². The molecule has 4 rings (SSSR count). The minimum atomic E-state index is 0.735. The van der Waals surface area contributed by atoms with Crippen molar-refractivity contribution in [2.75, 3.05) is 11.6 Å². The largest absolute Gasteiger partial charge is 0.339 e. The average molecular weight is 354 g/mol. The molecule has 4 aromatic rings. The van der Waals surface area contributed by atoms with Gasteiger partial charge >= 0.3 is 0 Å². The van der Waals surface area contributed by atoms with E-state index in [1.54, 1.807) is 35.6 Å². The van der Waals surface area contributed by atoms with Gasteiger partial charge in [0, 0.05) is 24.6 Å². The SMILES string of the molecule is CSc1nc2ncnc(Nc3ccc(Cn4ccnc4)cc3)c2s1. The Hall–Kier alpha value is -2.45. The number of thiazole rings is 1. The second kappa shape index (κ2) is 6.58. The zero-order valence-electron chi connectivity index (χ0n) is 12.9. The lowest BCUT2D eigenvalue weighted by Crippen LogP contribution is -1.98. The Morgan fingerprint density at radius 3 is 2.83 bits per heavy atom. The lowest BCUT2D eigenvalue weighted by atomic mass is 10.2. The van der Waals surface area contributed by atoms with Crippen molar-refractivity contribution in [1.29, 1.82) is 0 Å². The molecule has 0 saturated carbocycles. The lowest BCUT2D eigenvalue weighted by Gasteiger charge is -2.07. The van der Waals surface area contributed by atoms with Crippen molar-refractivity contribution in [1.82, 2.24) is 24.5 Å². The molecule has 0 atom stereocenters. The number of anilines is 2. The summed E-state index contributed by atoms with van der Waals surface area (Å²) in [6, 6.07) is 8.30. The molecule has 24 heavy (non-hydrogen) atoms. The maximum atomic E-state index is 4.47. The van der Waals surface area contributed by atoms with Crippen LogP contribution in [0.3, 0.4) is 0 Å². The maximum Gasteiger partial charge on any atom is 0.176 e. The topological polar surface area (TPSA) is 68.5 Å². The molecular weight excluding hydrogens is 340 g/mol. The van der Waals surface area contributed by atoms with Crippen molar-refractivity contribution in [2.24, 2.45) is 0 Å². The van der Waals surface area contributed by atoms with E-state index < -0.39 is 0 Å². The molecule has 0 amide bonds. The Bertz CT molecular complexity index is 947. The van der Waals surface area contributed by atoms with Crippen LogP contribution in [0, 0.1) is 0 Å². The monoisotopic (exact) mass is 354 g/mol. The van der Waals surface area contributed by atoms with E-state index in [-0.39, 0.29) is 0 Å². The van der Waals surface area contributed by atoms with Crippen LogP contribution in [-0.2, 0) is 6.54 Å². The number of fused-ring (bicyclic) bond motifs is 1. The fraction of sp³-hybridized carbons (Fsp3) is 0.125. The summed E-state index contributed by atoms with van der Waals surface area (Å²) >= 11 is 3.22. The van der Waals surface area contributed by atoms with Gasteiger partial charge in [-0.3, -0.25) is 0 Å². The summed E-state index contributed by atoms with van der Waals surface area (Å²) in [5.74, 6) is 0.792. The first-order valence-corrected chi connectivity index (χ1v) is 9.33. The van der Waals surface area contributed by atoms with Gasteiger partial charge in [0.05, 0.1) is 6.33 Å². The molecule has 0 radical (unpaired) electrons. The maximum absolute atomic E-state index is 4.47. The average Bonchev–Trinajstić information content (AvgIpc) is 3.26. The molecule has 8 heteroatoms. The van der Waals surface area contributed by atoms with Gasteiger partial charge in [0.15, 0.2) is 15.8 Å². The van der Waals surface area contributed by atoms with Crippen molar-refractivity contribution in [3.05, 3.63) is 54.9 Å². The lowest BCUT2D eigenvalue weighted by molar-refractivity contribution is 0.797. The van der Waals surface area contributed by atoms with Crippen LogP contribution in [0.15, 0.2) is 53.7 Å². The number of hydrogen-bond acceptors (Lipinski definition) is 7. The van der Waals surface area contributed by atoms with E-state index in [2.05, 4.69) is 49.5 Å². The number of nitrogens with one attached hydrogen (secondary N) is 1. The highest BCUT2D eigenvalue weighted by Crippen LogP contribution is 2.32. The quantitative estimate of drug-likeness (QED) is 0.550. The van der Waals surface area contributed by atoms with Gasteiger partial charge < -0.3 is 9.88 Å². The van der Waals surface area contributed by atoms with Crippen LogP contribution in [0.2, 0.25) is 0 Å². The molecule has 0 aliphatic carbocycles. The zero-order chi connectivity index (χ0) is 16.4. The van der Waals surface area contributed by atoms with Crippen molar-refractivity contribution < 1.29 is 0 Å². The molecule has 0 aliphatic rings. The van der Waals surface area contributed by atoms with Gasteiger partial charge in [0.1, 0.15) is 11.0 Å². The molecule has 1 N–H and O–H groups in total. The summed E-state index contributed by atoms with van der Waals surface area (Å²) in [7, 11) is 0. The molecule has 120 valence electrons. The first kappa shape index (κ1) is 15.1. The Morgan fingerprint density at radius 1 is 1.21 bits per heavy atom. The van der Waals surface area contributed by atoms with Gasteiger partial charge in [0.2, 0.25) is 0 Å². The van der Waals surface area contributed by atoms with Gasteiger partial charge in [-0.1, -0.05) is 23.9 Å². The number of nitrogens with zero attached hydrogens (tertiary/aromatic N) is 5. The minimum absolute atomic E-state index is 0.735. The molecule has 6 nitrogen and oxygen atoms in total. The van der Waals surface area contributed by atoms with E-state index in [0.29, 0.717) is 0 Å². The molecule has 0 saturated heterocycles. The second-order valence-corrected chi connectivity index (χ2v) is 7.17. The van der Waals surface area contributed by atoms with Crippen LogP contribution in [0.1, 0.15) is 5.56 Å². The standard InChI is InChI=1S/C16H14N6S2/c1-23-16-21-15-13(24-16)14(18-9-19-15)20-12-4-2-11(3-5-12)8-22-7-6-17-10-22/h2-7,9-10H,8H2,1H3,(H,18,19,20). The molecule has 3 aromatic heterocycles. The third-order valence-corrected chi connectivity index (χ3v) is 5.52.